The molecule has 0 aliphatic rings. The van der Waals surface area contributed by atoms with Gasteiger partial charge < -0.3 is 5.32 Å². The molecule has 1 N–H and O–H groups in total. The number of nitrogens with one attached hydrogen (secondary N) is 1. The van der Waals surface area contributed by atoms with E-state index in [-0.39, 0.29) is 0 Å². The summed E-state index contributed by atoms with van der Waals surface area (Å²) in [5.74, 6) is 0. The van der Waals surface area contributed by atoms with E-state index in [9.17, 15) is 0 Å². The molecule has 0 aliphatic carbocycles. The lowest BCUT2D eigenvalue weighted by molar-refractivity contribution is 0.499. The summed E-state index contributed by atoms with van der Waals surface area (Å²) in [4.78, 5) is 0. The molecule has 1 rings (SSSR count). The zero-order chi connectivity index (χ0) is 12.7. The van der Waals surface area contributed by atoms with Crippen LogP contribution in [-0.4, -0.2) is 6.54 Å². The summed E-state index contributed by atoms with van der Waals surface area (Å²) in [5.41, 5.74) is 2.55. The fraction of sp³-hybridized carbons (Fsp3) is 0.467. The maximum atomic E-state index is 5.91. The first kappa shape index (κ1) is 14.3. The van der Waals surface area contributed by atoms with Gasteiger partial charge in [0.2, 0.25) is 0 Å². The van der Waals surface area contributed by atoms with Crippen molar-refractivity contribution in [2.45, 2.75) is 39.2 Å². The highest BCUT2D eigenvalue weighted by Crippen LogP contribution is 2.22. The molecule has 0 aromatic heterocycles. The summed E-state index contributed by atoms with van der Waals surface area (Å²) in [6.07, 6.45) is 3.30. The Labute approximate surface area is 110 Å². The first-order chi connectivity index (χ1) is 8.13. The summed E-state index contributed by atoms with van der Waals surface area (Å²) >= 11 is 5.91. The number of hydrogen-bond donors (Lipinski definition) is 1. The molecular formula is C15H22ClN. The molecule has 0 spiro atoms. The Hall–Kier alpha value is -0.790. The second-order valence-corrected chi connectivity index (χ2v) is 4.99. The van der Waals surface area contributed by atoms with E-state index in [2.05, 4.69) is 37.9 Å². The molecule has 1 atom stereocenters. The minimum atomic E-state index is 0.406. The summed E-state index contributed by atoms with van der Waals surface area (Å²) in [6, 6.07) is 8.53. The van der Waals surface area contributed by atoms with Gasteiger partial charge in [0, 0.05) is 11.1 Å². The Bertz CT molecular complexity index is 342. The van der Waals surface area contributed by atoms with Crippen LogP contribution >= 0.6 is 11.6 Å². The third-order valence-corrected chi connectivity index (χ3v) is 3.02. The van der Waals surface area contributed by atoms with E-state index < -0.39 is 0 Å². The molecule has 0 saturated heterocycles. The van der Waals surface area contributed by atoms with Crippen molar-refractivity contribution in [1.82, 2.24) is 5.32 Å². The van der Waals surface area contributed by atoms with E-state index in [1.165, 1.54) is 11.1 Å². The molecule has 1 nitrogen and oxygen atoms in total. The van der Waals surface area contributed by atoms with Crippen LogP contribution in [0.3, 0.4) is 0 Å². The molecule has 0 fully saturated rings. The SMILES string of the molecule is C=C(C)CCC(NCCC)c1ccc(Cl)cc1. The van der Waals surface area contributed by atoms with Crippen molar-refractivity contribution in [1.29, 1.82) is 0 Å². The van der Waals surface area contributed by atoms with Gasteiger partial charge in [-0.3, -0.25) is 0 Å². The van der Waals surface area contributed by atoms with Gasteiger partial charge in [-0.2, -0.15) is 0 Å². The molecule has 0 saturated carbocycles. The second kappa shape index (κ2) is 7.52. The first-order valence-electron chi connectivity index (χ1n) is 6.26. The monoisotopic (exact) mass is 251 g/mol. The molecule has 2 heteroatoms. The van der Waals surface area contributed by atoms with Crippen LogP contribution in [0.4, 0.5) is 0 Å². The minimum Gasteiger partial charge on any atom is -0.310 e. The lowest BCUT2D eigenvalue weighted by Gasteiger charge is -2.19. The average Bonchev–Trinajstić information content (AvgIpc) is 2.30. The standard InChI is InChI=1S/C15H22ClN/c1-4-11-17-15(10-5-12(2)3)13-6-8-14(16)9-7-13/h6-9,15,17H,2,4-5,10-11H2,1,3H3. The van der Waals surface area contributed by atoms with Crippen LogP contribution in [0.25, 0.3) is 0 Å². The van der Waals surface area contributed by atoms with Crippen LogP contribution in [0, 0.1) is 0 Å². The Morgan fingerprint density at radius 3 is 2.53 bits per heavy atom. The summed E-state index contributed by atoms with van der Waals surface area (Å²) in [7, 11) is 0. The van der Waals surface area contributed by atoms with Crippen molar-refractivity contribution in [2.75, 3.05) is 6.54 Å². The van der Waals surface area contributed by atoms with Crippen LogP contribution in [0.15, 0.2) is 36.4 Å². The second-order valence-electron chi connectivity index (χ2n) is 4.55. The largest absolute Gasteiger partial charge is 0.310 e. The summed E-state index contributed by atoms with van der Waals surface area (Å²) in [5, 5.41) is 4.37. The summed E-state index contributed by atoms with van der Waals surface area (Å²) < 4.78 is 0. The van der Waals surface area contributed by atoms with E-state index in [0.29, 0.717) is 6.04 Å². The Kier molecular flexibility index (Phi) is 6.31. The van der Waals surface area contributed by atoms with Crippen LogP contribution in [-0.2, 0) is 0 Å². The molecule has 0 radical (unpaired) electrons. The van der Waals surface area contributed by atoms with Crippen LogP contribution in [0.5, 0.6) is 0 Å². The van der Waals surface area contributed by atoms with Crippen molar-refractivity contribution >= 4 is 11.6 Å². The van der Waals surface area contributed by atoms with Gasteiger partial charge in [0.25, 0.3) is 0 Å². The number of allylic oxidation sites excluding steroid dienone is 1. The van der Waals surface area contributed by atoms with E-state index in [1.54, 1.807) is 0 Å². The molecule has 1 aromatic carbocycles. The van der Waals surface area contributed by atoms with Crippen LogP contribution < -0.4 is 5.32 Å². The third kappa shape index (κ3) is 5.38. The van der Waals surface area contributed by atoms with E-state index in [0.717, 1.165) is 30.8 Å². The van der Waals surface area contributed by atoms with Crippen LogP contribution in [0.2, 0.25) is 5.02 Å². The molecule has 94 valence electrons. The summed E-state index contributed by atoms with van der Waals surface area (Å²) in [6.45, 7) is 9.28. The van der Waals surface area contributed by atoms with E-state index in [4.69, 9.17) is 11.6 Å². The van der Waals surface area contributed by atoms with Crippen molar-refractivity contribution in [2.24, 2.45) is 0 Å². The average molecular weight is 252 g/mol. The van der Waals surface area contributed by atoms with E-state index in [1.807, 2.05) is 12.1 Å². The highest BCUT2D eigenvalue weighted by atomic mass is 35.5. The van der Waals surface area contributed by atoms with Gasteiger partial charge in [-0.15, -0.1) is 6.58 Å². The number of halogens is 1. The van der Waals surface area contributed by atoms with Gasteiger partial charge in [0.1, 0.15) is 0 Å². The number of benzene rings is 1. The predicted octanol–water partition coefficient (Wildman–Crippen LogP) is 4.74. The normalized spacial score (nSPS) is 12.4. The predicted molar refractivity (Wildman–Crippen MR) is 76.5 cm³/mol. The molecule has 0 heterocycles. The number of hydrogen-bond acceptors (Lipinski definition) is 1. The maximum Gasteiger partial charge on any atom is 0.0406 e. The Morgan fingerprint density at radius 1 is 1.35 bits per heavy atom. The Morgan fingerprint density at radius 2 is 2.00 bits per heavy atom. The zero-order valence-electron chi connectivity index (χ0n) is 10.8. The van der Waals surface area contributed by atoms with Crippen molar-refractivity contribution in [3.05, 3.63) is 47.0 Å². The van der Waals surface area contributed by atoms with Gasteiger partial charge >= 0.3 is 0 Å². The molecule has 0 amide bonds. The van der Waals surface area contributed by atoms with Gasteiger partial charge in [-0.05, 0) is 50.4 Å². The van der Waals surface area contributed by atoms with Gasteiger partial charge in [0.05, 0.1) is 0 Å². The molecular weight excluding hydrogens is 230 g/mol. The molecule has 1 unspecified atom stereocenters. The fourth-order valence-corrected chi connectivity index (χ4v) is 1.92. The molecule has 0 aliphatic heterocycles. The fourth-order valence-electron chi connectivity index (χ4n) is 1.79. The quantitative estimate of drug-likeness (QED) is 0.691. The minimum absolute atomic E-state index is 0.406. The molecule has 1 aromatic rings. The third-order valence-electron chi connectivity index (χ3n) is 2.77. The highest BCUT2D eigenvalue weighted by molar-refractivity contribution is 6.30. The smallest absolute Gasteiger partial charge is 0.0406 e. The van der Waals surface area contributed by atoms with Crippen molar-refractivity contribution < 1.29 is 0 Å². The zero-order valence-corrected chi connectivity index (χ0v) is 11.6. The topological polar surface area (TPSA) is 12.0 Å². The van der Waals surface area contributed by atoms with Crippen LogP contribution in [0.1, 0.15) is 44.7 Å². The Balaban J connectivity index is 2.67. The molecule has 17 heavy (non-hydrogen) atoms. The first-order valence-corrected chi connectivity index (χ1v) is 6.64. The number of rotatable bonds is 7. The van der Waals surface area contributed by atoms with E-state index >= 15 is 0 Å². The molecule has 0 bridgehead atoms. The lowest BCUT2D eigenvalue weighted by atomic mass is 10.00. The highest BCUT2D eigenvalue weighted by Gasteiger charge is 2.10. The van der Waals surface area contributed by atoms with Gasteiger partial charge in [-0.1, -0.05) is 36.2 Å². The van der Waals surface area contributed by atoms with Gasteiger partial charge in [-0.25, -0.2) is 0 Å². The van der Waals surface area contributed by atoms with Crippen molar-refractivity contribution in [3.63, 3.8) is 0 Å². The van der Waals surface area contributed by atoms with Crippen molar-refractivity contribution in [3.8, 4) is 0 Å². The maximum absolute atomic E-state index is 5.91. The van der Waals surface area contributed by atoms with Gasteiger partial charge in [0.15, 0.2) is 0 Å². The lowest BCUT2D eigenvalue weighted by Crippen LogP contribution is -2.22.